The van der Waals surface area contributed by atoms with E-state index >= 15 is 0 Å². The molecule has 1 amide bonds. The van der Waals surface area contributed by atoms with E-state index in [2.05, 4.69) is 27.2 Å². The number of carbonyl (C=O) groups excluding carboxylic acids is 1. The molecule has 0 atom stereocenters. The van der Waals surface area contributed by atoms with Gasteiger partial charge in [-0.3, -0.25) is 4.79 Å². The number of amides is 1. The van der Waals surface area contributed by atoms with Gasteiger partial charge in [0, 0.05) is 48.1 Å². The van der Waals surface area contributed by atoms with Crippen LogP contribution in [-0.2, 0) is 0 Å². The van der Waals surface area contributed by atoms with Crippen molar-refractivity contribution in [2.75, 3.05) is 41.3 Å². The highest BCUT2D eigenvalue weighted by Crippen LogP contribution is 2.26. The Morgan fingerprint density at radius 1 is 0.806 bits per heavy atom. The molecule has 0 unspecified atom stereocenters. The highest BCUT2D eigenvalue weighted by atomic mass is 35.5. The zero-order chi connectivity index (χ0) is 21.8. The molecule has 0 spiro atoms. The van der Waals surface area contributed by atoms with Crippen LogP contribution < -0.4 is 15.1 Å². The molecule has 6 nitrogen and oxygen atoms in total. The van der Waals surface area contributed by atoms with E-state index in [0.29, 0.717) is 10.6 Å². The van der Waals surface area contributed by atoms with Crippen LogP contribution in [0.1, 0.15) is 20.7 Å². The van der Waals surface area contributed by atoms with Crippen molar-refractivity contribution in [1.29, 1.82) is 0 Å². The molecule has 31 heavy (non-hydrogen) atoms. The van der Waals surface area contributed by atoms with Crippen molar-refractivity contribution < 1.29 is 14.7 Å². The first-order chi connectivity index (χ1) is 15.0. The van der Waals surface area contributed by atoms with E-state index in [1.807, 2.05) is 24.3 Å². The number of para-hydroxylation sites is 1. The van der Waals surface area contributed by atoms with E-state index < -0.39 is 11.9 Å². The minimum Gasteiger partial charge on any atom is -0.478 e. The van der Waals surface area contributed by atoms with Gasteiger partial charge in [-0.15, -0.1) is 0 Å². The minimum atomic E-state index is -1.09. The second-order valence-electron chi connectivity index (χ2n) is 7.31. The third-order valence-electron chi connectivity index (χ3n) is 5.33. The van der Waals surface area contributed by atoms with Gasteiger partial charge in [0.15, 0.2) is 0 Å². The summed E-state index contributed by atoms with van der Waals surface area (Å²) in [4.78, 5) is 28.9. The first-order valence-corrected chi connectivity index (χ1v) is 10.4. The van der Waals surface area contributed by atoms with Gasteiger partial charge in [-0.25, -0.2) is 4.79 Å². The Morgan fingerprint density at radius 3 is 2.13 bits per heavy atom. The number of carboxylic acids is 1. The Morgan fingerprint density at radius 2 is 1.48 bits per heavy atom. The van der Waals surface area contributed by atoms with Crippen molar-refractivity contribution in [2.45, 2.75) is 0 Å². The van der Waals surface area contributed by atoms with Crippen LogP contribution >= 0.6 is 11.6 Å². The van der Waals surface area contributed by atoms with Crippen LogP contribution in [0, 0.1) is 0 Å². The standard InChI is InChI=1S/C24H22ClN3O3/c25-18-6-4-5-17(15-18)23(29)26-22-10-9-20(16-21(22)24(30)31)28-13-11-27(12-14-28)19-7-2-1-3-8-19/h1-10,15-16H,11-14H2,(H,26,29)(H,30,31). The van der Waals surface area contributed by atoms with Gasteiger partial charge in [0.1, 0.15) is 0 Å². The zero-order valence-electron chi connectivity index (χ0n) is 16.8. The number of hydrogen-bond donors (Lipinski definition) is 2. The van der Waals surface area contributed by atoms with Crippen LogP contribution in [0.2, 0.25) is 5.02 Å². The average Bonchev–Trinajstić information content (AvgIpc) is 2.80. The molecule has 0 aromatic heterocycles. The van der Waals surface area contributed by atoms with E-state index in [0.717, 1.165) is 31.9 Å². The lowest BCUT2D eigenvalue weighted by molar-refractivity contribution is 0.0698. The van der Waals surface area contributed by atoms with E-state index in [1.54, 1.807) is 30.3 Å². The van der Waals surface area contributed by atoms with Gasteiger partial charge in [0.2, 0.25) is 0 Å². The number of piperazine rings is 1. The van der Waals surface area contributed by atoms with Crippen LogP contribution in [0.25, 0.3) is 0 Å². The molecule has 158 valence electrons. The monoisotopic (exact) mass is 435 g/mol. The van der Waals surface area contributed by atoms with Crippen LogP contribution in [0.15, 0.2) is 72.8 Å². The minimum absolute atomic E-state index is 0.0540. The number of nitrogens with one attached hydrogen (secondary N) is 1. The number of benzene rings is 3. The normalized spacial score (nSPS) is 13.7. The van der Waals surface area contributed by atoms with Gasteiger partial charge in [-0.1, -0.05) is 35.9 Å². The van der Waals surface area contributed by atoms with Gasteiger partial charge < -0.3 is 20.2 Å². The molecule has 1 aliphatic heterocycles. The molecular formula is C24H22ClN3O3. The average molecular weight is 436 g/mol. The number of hydrogen-bond acceptors (Lipinski definition) is 4. The summed E-state index contributed by atoms with van der Waals surface area (Å²) in [7, 11) is 0. The predicted octanol–water partition coefficient (Wildman–Crippen LogP) is 4.62. The Labute approximate surface area is 185 Å². The summed E-state index contributed by atoms with van der Waals surface area (Å²) in [5.41, 5.74) is 2.69. The van der Waals surface area contributed by atoms with Crippen LogP contribution in [0.3, 0.4) is 0 Å². The second kappa shape index (κ2) is 9.10. The number of halogens is 1. The number of carbonyl (C=O) groups is 2. The molecule has 0 saturated carbocycles. The molecule has 1 aliphatic rings. The smallest absolute Gasteiger partial charge is 0.337 e. The molecule has 1 heterocycles. The third kappa shape index (κ3) is 4.81. The fourth-order valence-corrected chi connectivity index (χ4v) is 3.89. The second-order valence-corrected chi connectivity index (χ2v) is 7.75. The van der Waals surface area contributed by atoms with Gasteiger partial charge in [-0.2, -0.15) is 0 Å². The molecule has 2 N–H and O–H groups in total. The van der Waals surface area contributed by atoms with Crippen LogP contribution in [0.4, 0.5) is 17.1 Å². The predicted molar refractivity (Wildman–Crippen MR) is 124 cm³/mol. The molecule has 7 heteroatoms. The third-order valence-corrected chi connectivity index (χ3v) is 5.57. The molecule has 0 aliphatic carbocycles. The van der Waals surface area contributed by atoms with Gasteiger partial charge in [-0.05, 0) is 48.5 Å². The van der Waals surface area contributed by atoms with E-state index in [-0.39, 0.29) is 11.3 Å². The van der Waals surface area contributed by atoms with Crippen molar-refractivity contribution in [2.24, 2.45) is 0 Å². The van der Waals surface area contributed by atoms with Crippen molar-refractivity contribution in [3.8, 4) is 0 Å². The Hall–Kier alpha value is -3.51. The number of nitrogens with zero attached hydrogens (tertiary/aromatic N) is 2. The number of rotatable bonds is 5. The highest BCUT2D eigenvalue weighted by molar-refractivity contribution is 6.31. The lowest BCUT2D eigenvalue weighted by atomic mass is 10.1. The van der Waals surface area contributed by atoms with Gasteiger partial charge in [0.05, 0.1) is 11.3 Å². The first kappa shape index (κ1) is 20.8. The van der Waals surface area contributed by atoms with Crippen molar-refractivity contribution in [3.63, 3.8) is 0 Å². The van der Waals surface area contributed by atoms with Gasteiger partial charge in [0.25, 0.3) is 5.91 Å². The molecule has 3 aromatic rings. The molecular weight excluding hydrogens is 414 g/mol. The van der Waals surface area contributed by atoms with Gasteiger partial charge >= 0.3 is 5.97 Å². The van der Waals surface area contributed by atoms with Crippen molar-refractivity contribution >= 4 is 40.5 Å². The first-order valence-electron chi connectivity index (χ1n) is 10.0. The van der Waals surface area contributed by atoms with E-state index in [1.165, 1.54) is 11.8 Å². The largest absolute Gasteiger partial charge is 0.478 e. The molecule has 1 saturated heterocycles. The Kier molecular flexibility index (Phi) is 6.09. The summed E-state index contributed by atoms with van der Waals surface area (Å²) in [6.07, 6.45) is 0. The molecule has 1 fully saturated rings. The quantitative estimate of drug-likeness (QED) is 0.612. The summed E-state index contributed by atoms with van der Waals surface area (Å²) in [6, 6.07) is 21.9. The molecule has 4 rings (SSSR count). The zero-order valence-corrected chi connectivity index (χ0v) is 17.5. The maximum absolute atomic E-state index is 12.5. The van der Waals surface area contributed by atoms with Crippen LogP contribution in [0.5, 0.6) is 0 Å². The maximum Gasteiger partial charge on any atom is 0.337 e. The lowest BCUT2D eigenvalue weighted by Gasteiger charge is -2.37. The molecule has 3 aromatic carbocycles. The summed E-state index contributed by atoms with van der Waals surface area (Å²) >= 11 is 5.95. The van der Waals surface area contributed by atoms with E-state index in [4.69, 9.17) is 11.6 Å². The maximum atomic E-state index is 12.5. The van der Waals surface area contributed by atoms with E-state index in [9.17, 15) is 14.7 Å². The fraction of sp³-hybridized carbons (Fsp3) is 0.167. The molecule has 0 radical (unpaired) electrons. The number of anilines is 3. The Balaban J connectivity index is 1.49. The topological polar surface area (TPSA) is 72.9 Å². The number of aromatic carboxylic acids is 1. The highest BCUT2D eigenvalue weighted by Gasteiger charge is 2.20. The van der Waals surface area contributed by atoms with Crippen molar-refractivity contribution in [3.05, 3.63) is 88.9 Å². The van der Waals surface area contributed by atoms with Crippen molar-refractivity contribution in [1.82, 2.24) is 0 Å². The SMILES string of the molecule is O=C(Nc1ccc(N2CCN(c3ccccc3)CC2)cc1C(=O)O)c1cccc(Cl)c1. The summed E-state index contributed by atoms with van der Waals surface area (Å²) < 4.78 is 0. The number of carboxylic acid groups (broad SMARTS) is 1. The molecule has 0 bridgehead atoms. The summed E-state index contributed by atoms with van der Waals surface area (Å²) in [5.74, 6) is -1.50. The summed E-state index contributed by atoms with van der Waals surface area (Å²) in [5, 5.41) is 12.8. The van der Waals surface area contributed by atoms with Crippen LogP contribution in [-0.4, -0.2) is 43.2 Å². The Bertz CT molecular complexity index is 1100. The summed E-state index contributed by atoms with van der Waals surface area (Å²) in [6.45, 7) is 3.25. The fourth-order valence-electron chi connectivity index (χ4n) is 3.70. The lowest BCUT2D eigenvalue weighted by Crippen LogP contribution is -2.46.